The number of aromatic amines is 1. The summed E-state index contributed by atoms with van der Waals surface area (Å²) < 4.78 is 0. The molecule has 0 aliphatic heterocycles. The molecule has 0 atom stereocenters. The highest BCUT2D eigenvalue weighted by Gasteiger charge is 2.40. The van der Waals surface area contributed by atoms with Crippen LogP contribution < -0.4 is 0 Å². The molecule has 0 unspecified atom stereocenters. The van der Waals surface area contributed by atoms with E-state index in [0.29, 0.717) is 20.9 Å². The first-order valence-corrected chi connectivity index (χ1v) is 9.65. The zero-order valence-corrected chi connectivity index (χ0v) is 16.9. The Hall–Kier alpha value is -3.19. The molecule has 0 saturated carbocycles. The molecule has 0 radical (unpaired) electrons. The van der Waals surface area contributed by atoms with Crippen LogP contribution in [0.2, 0.25) is 10.0 Å². The van der Waals surface area contributed by atoms with E-state index < -0.39 is 11.5 Å². The van der Waals surface area contributed by atoms with Crippen molar-refractivity contribution in [2.24, 2.45) is 10.2 Å². The summed E-state index contributed by atoms with van der Waals surface area (Å²) in [5, 5.41) is 30.8. The zero-order chi connectivity index (χ0) is 21.3. The average molecular weight is 440 g/mol. The first kappa shape index (κ1) is 20.1. The summed E-state index contributed by atoms with van der Waals surface area (Å²) in [6, 6.07) is 19.5. The van der Waals surface area contributed by atoms with E-state index in [-0.39, 0.29) is 22.7 Å². The Bertz CT molecular complexity index is 1200. The summed E-state index contributed by atoms with van der Waals surface area (Å²) in [6.45, 7) is 0. The van der Waals surface area contributed by atoms with E-state index in [0.717, 1.165) is 0 Å². The number of nitrogens with one attached hydrogen (secondary N) is 1. The second-order valence-corrected chi connectivity index (χ2v) is 7.47. The first-order valence-electron chi connectivity index (χ1n) is 8.90. The van der Waals surface area contributed by atoms with Gasteiger partial charge in [0.25, 0.3) is 0 Å². The normalized spacial score (nSPS) is 12.0. The highest BCUT2D eigenvalue weighted by atomic mass is 35.5. The molecule has 0 saturated heterocycles. The Balaban J connectivity index is 1.79. The third kappa shape index (κ3) is 3.57. The second-order valence-electron chi connectivity index (χ2n) is 6.60. The lowest BCUT2D eigenvalue weighted by Crippen LogP contribution is -2.35. The lowest BCUT2D eigenvalue weighted by molar-refractivity contribution is -0.133. The summed E-state index contributed by atoms with van der Waals surface area (Å²) in [5.74, 6) is -1.16. The number of halogens is 2. The number of hydrogen-bond donors (Lipinski definition) is 3. The third-order valence-electron chi connectivity index (χ3n) is 4.73. The second kappa shape index (κ2) is 7.91. The predicted octanol–water partition coefficient (Wildman–Crippen LogP) is 5.73. The van der Waals surface area contributed by atoms with Crippen molar-refractivity contribution in [1.82, 2.24) is 4.98 Å². The molecule has 8 heteroatoms. The van der Waals surface area contributed by atoms with Gasteiger partial charge in [-0.05, 0) is 41.5 Å². The van der Waals surface area contributed by atoms with Crippen molar-refractivity contribution in [3.63, 3.8) is 0 Å². The standard InChI is InChI=1S/C22H15Cl2N3O3/c23-15-9-5-13(6-10-15)22(30,14-7-11-16(24)12-8-14)21(29)27-26-19-17-3-1-2-4-18(17)25-20(19)28/h1-12,25,28,30H. The van der Waals surface area contributed by atoms with Gasteiger partial charge in [-0.1, -0.05) is 65.7 Å². The molecule has 4 aromatic rings. The van der Waals surface area contributed by atoms with Gasteiger partial charge in [-0.2, -0.15) is 0 Å². The van der Waals surface area contributed by atoms with Crippen molar-refractivity contribution in [2.45, 2.75) is 5.60 Å². The fraction of sp³-hybridized carbons (Fsp3) is 0.0455. The molecule has 1 amide bonds. The number of carbonyl (C=O) groups is 1. The zero-order valence-electron chi connectivity index (χ0n) is 15.4. The lowest BCUT2D eigenvalue weighted by atomic mass is 9.86. The van der Waals surface area contributed by atoms with E-state index in [4.69, 9.17) is 23.2 Å². The van der Waals surface area contributed by atoms with Crippen LogP contribution in [0.15, 0.2) is 83.0 Å². The molecule has 1 aromatic heterocycles. The van der Waals surface area contributed by atoms with Gasteiger partial charge in [0.15, 0.2) is 11.3 Å². The van der Waals surface area contributed by atoms with Crippen LogP contribution in [0.3, 0.4) is 0 Å². The molecule has 150 valence electrons. The fourth-order valence-electron chi connectivity index (χ4n) is 3.18. The van der Waals surface area contributed by atoms with Gasteiger partial charge in [-0.15, -0.1) is 10.2 Å². The maximum absolute atomic E-state index is 13.1. The summed E-state index contributed by atoms with van der Waals surface area (Å²) in [6.07, 6.45) is 0. The van der Waals surface area contributed by atoms with E-state index in [1.807, 2.05) is 0 Å². The van der Waals surface area contributed by atoms with Crippen LogP contribution in [0.1, 0.15) is 11.1 Å². The Morgan fingerprint density at radius 2 is 1.40 bits per heavy atom. The number of aliphatic hydroxyl groups is 1. The van der Waals surface area contributed by atoms with Gasteiger partial charge < -0.3 is 15.2 Å². The van der Waals surface area contributed by atoms with Crippen molar-refractivity contribution < 1.29 is 15.0 Å². The van der Waals surface area contributed by atoms with Gasteiger partial charge in [0.2, 0.25) is 5.88 Å². The van der Waals surface area contributed by atoms with Gasteiger partial charge in [0, 0.05) is 15.4 Å². The molecule has 0 fully saturated rings. The summed E-state index contributed by atoms with van der Waals surface area (Å²) in [7, 11) is 0. The van der Waals surface area contributed by atoms with Gasteiger partial charge >= 0.3 is 5.91 Å². The van der Waals surface area contributed by atoms with Crippen LogP contribution in [-0.4, -0.2) is 21.1 Å². The minimum atomic E-state index is -2.12. The van der Waals surface area contributed by atoms with Gasteiger partial charge in [-0.3, -0.25) is 4.79 Å². The monoisotopic (exact) mass is 439 g/mol. The van der Waals surface area contributed by atoms with Crippen LogP contribution in [0.4, 0.5) is 5.69 Å². The number of nitrogens with zero attached hydrogens (tertiary/aromatic N) is 2. The van der Waals surface area contributed by atoms with E-state index >= 15 is 0 Å². The summed E-state index contributed by atoms with van der Waals surface area (Å²) in [4.78, 5) is 15.9. The Morgan fingerprint density at radius 1 is 0.867 bits per heavy atom. The van der Waals surface area contributed by atoms with E-state index in [2.05, 4.69) is 15.2 Å². The number of fused-ring (bicyclic) bond motifs is 1. The molecule has 30 heavy (non-hydrogen) atoms. The number of aromatic hydroxyl groups is 1. The number of amides is 1. The molecule has 0 aliphatic rings. The number of hydrogen-bond acceptors (Lipinski definition) is 4. The van der Waals surface area contributed by atoms with Crippen molar-refractivity contribution in [3.8, 4) is 5.88 Å². The smallest absolute Gasteiger partial charge is 0.305 e. The largest absolute Gasteiger partial charge is 0.493 e. The van der Waals surface area contributed by atoms with Crippen molar-refractivity contribution >= 4 is 45.7 Å². The van der Waals surface area contributed by atoms with Crippen molar-refractivity contribution in [3.05, 3.63) is 94.0 Å². The van der Waals surface area contributed by atoms with Gasteiger partial charge in [-0.25, -0.2) is 0 Å². The SMILES string of the molecule is O=C(N=Nc1c(O)[nH]c2ccccc12)C(O)(c1ccc(Cl)cc1)c1ccc(Cl)cc1. The Labute approximate surface area is 181 Å². The van der Waals surface area contributed by atoms with E-state index in [1.54, 1.807) is 48.5 Å². The van der Waals surface area contributed by atoms with Gasteiger partial charge in [0.05, 0.1) is 5.52 Å². The van der Waals surface area contributed by atoms with Crippen LogP contribution in [0.5, 0.6) is 5.88 Å². The number of H-pyrrole nitrogens is 1. The maximum Gasteiger partial charge on any atom is 0.305 e. The van der Waals surface area contributed by atoms with Crippen LogP contribution >= 0.6 is 23.2 Å². The van der Waals surface area contributed by atoms with E-state index in [9.17, 15) is 15.0 Å². The number of rotatable bonds is 4. The quantitative estimate of drug-likeness (QED) is 0.354. The number of carbonyl (C=O) groups excluding carboxylic acids is 1. The molecule has 4 rings (SSSR count). The highest BCUT2D eigenvalue weighted by Crippen LogP contribution is 2.37. The summed E-state index contributed by atoms with van der Waals surface area (Å²) >= 11 is 11.9. The highest BCUT2D eigenvalue weighted by molar-refractivity contribution is 6.30. The molecule has 3 N–H and O–H groups in total. The number of para-hydroxylation sites is 1. The van der Waals surface area contributed by atoms with Gasteiger partial charge in [0.1, 0.15) is 0 Å². The van der Waals surface area contributed by atoms with E-state index in [1.165, 1.54) is 24.3 Å². The Morgan fingerprint density at radius 3 is 1.97 bits per heavy atom. The molecular formula is C22H15Cl2N3O3. The predicted molar refractivity (Wildman–Crippen MR) is 115 cm³/mol. The molecule has 0 bridgehead atoms. The van der Waals surface area contributed by atoms with Crippen molar-refractivity contribution in [1.29, 1.82) is 0 Å². The van der Waals surface area contributed by atoms with Crippen LogP contribution in [0.25, 0.3) is 10.9 Å². The lowest BCUT2D eigenvalue weighted by Gasteiger charge is -2.25. The molecule has 3 aromatic carbocycles. The minimum Gasteiger partial charge on any atom is -0.493 e. The number of benzene rings is 3. The molecule has 1 heterocycles. The average Bonchev–Trinajstić information content (AvgIpc) is 3.07. The minimum absolute atomic E-state index is 0.105. The maximum atomic E-state index is 13.1. The summed E-state index contributed by atoms with van der Waals surface area (Å²) in [5.41, 5.74) is -0.848. The number of azo groups is 1. The van der Waals surface area contributed by atoms with Crippen molar-refractivity contribution in [2.75, 3.05) is 0 Å². The number of aromatic nitrogens is 1. The third-order valence-corrected chi connectivity index (χ3v) is 5.24. The topological polar surface area (TPSA) is 98.0 Å². The molecule has 0 aliphatic carbocycles. The first-order chi connectivity index (χ1) is 14.4. The fourth-order valence-corrected chi connectivity index (χ4v) is 3.43. The van der Waals surface area contributed by atoms with Crippen LogP contribution in [0, 0.1) is 0 Å². The molecule has 6 nitrogen and oxygen atoms in total. The Kier molecular flexibility index (Phi) is 5.30. The molecule has 0 spiro atoms. The molecular weight excluding hydrogens is 425 g/mol. The van der Waals surface area contributed by atoms with Crippen LogP contribution in [-0.2, 0) is 10.4 Å².